The first-order chi connectivity index (χ1) is 12.4. The molecule has 2 heterocycles. The third-order valence-electron chi connectivity index (χ3n) is 4.37. The van der Waals surface area contributed by atoms with Crippen molar-refractivity contribution in [2.45, 2.75) is 40.3 Å². The number of benzene rings is 1. The van der Waals surface area contributed by atoms with Crippen molar-refractivity contribution >= 4 is 24.0 Å². The van der Waals surface area contributed by atoms with Gasteiger partial charge in [0.15, 0.2) is 5.82 Å². The Morgan fingerprint density at radius 2 is 1.93 bits per heavy atom. The fraction of sp³-hybridized carbons (Fsp3) is 0.316. The number of nitrogens with two attached hydrogens (primary N) is 1. The molecule has 0 spiro atoms. The topological polar surface area (TPSA) is 102 Å². The van der Waals surface area contributed by atoms with Crippen molar-refractivity contribution < 1.29 is 4.79 Å². The third kappa shape index (κ3) is 4.20. The van der Waals surface area contributed by atoms with E-state index in [1.165, 1.54) is 0 Å². The number of rotatable bonds is 5. The molecule has 3 rings (SSSR count). The number of aromatic nitrogens is 4. The summed E-state index contributed by atoms with van der Waals surface area (Å²) in [4.78, 5) is 16.9. The van der Waals surface area contributed by atoms with E-state index in [2.05, 4.69) is 38.9 Å². The number of H-pyrrole nitrogens is 1. The molecule has 7 nitrogen and oxygen atoms in total. The van der Waals surface area contributed by atoms with Crippen molar-refractivity contribution in [2.24, 2.45) is 5.73 Å². The average Bonchev–Trinajstić information content (AvgIpc) is 3.20. The van der Waals surface area contributed by atoms with Crippen LogP contribution in [0.3, 0.4) is 0 Å². The van der Waals surface area contributed by atoms with Gasteiger partial charge in [0.2, 0.25) is 0 Å². The number of carbonyl (C=O) groups is 1. The Morgan fingerprint density at radius 1 is 1.26 bits per heavy atom. The molecule has 0 aliphatic carbocycles. The smallest absolute Gasteiger partial charge is 0.257 e. The highest BCUT2D eigenvalue weighted by Crippen LogP contribution is 2.22. The van der Waals surface area contributed by atoms with Crippen LogP contribution < -0.4 is 11.1 Å². The maximum atomic E-state index is 12.7. The molecule has 2 aromatic heterocycles. The normalized spacial score (nSPS) is 10.7. The van der Waals surface area contributed by atoms with E-state index < -0.39 is 0 Å². The van der Waals surface area contributed by atoms with Gasteiger partial charge in [0.05, 0.1) is 12.1 Å². The summed E-state index contributed by atoms with van der Waals surface area (Å²) in [7, 11) is 0. The number of nitrogens with one attached hydrogen (secondary N) is 2. The molecular weight excluding hydrogens is 364 g/mol. The van der Waals surface area contributed by atoms with Gasteiger partial charge < -0.3 is 15.6 Å². The van der Waals surface area contributed by atoms with Crippen LogP contribution in [0, 0.1) is 13.8 Å². The molecule has 0 aliphatic rings. The van der Waals surface area contributed by atoms with Gasteiger partial charge in [0.1, 0.15) is 5.82 Å². The molecule has 0 aliphatic heterocycles. The van der Waals surface area contributed by atoms with Gasteiger partial charge in [-0.3, -0.25) is 9.89 Å². The van der Waals surface area contributed by atoms with E-state index >= 15 is 0 Å². The Labute approximate surface area is 164 Å². The van der Waals surface area contributed by atoms with E-state index in [1.807, 2.05) is 44.2 Å². The van der Waals surface area contributed by atoms with Crippen LogP contribution >= 0.6 is 12.4 Å². The van der Waals surface area contributed by atoms with Crippen molar-refractivity contribution in [3.05, 3.63) is 53.1 Å². The lowest BCUT2D eigenvalue weighted by molar-refractivity contribution is 0.102. The van der Waals surface area contributed by atoms with Crippen LogP contribution in [0.2, 0.25) is 0 Å². The number of carbonyl (C=O) groups excluding carboxylic acids is 1. The highest BCUT2D eigenvalue weighted by molar-refractivity contribution is 6.05. The first kappa shape index (κ1) is 20.7. The number of hydrogen-bond acceptors (Lipinski definition) is 4. The summed E-state index contributed by atoms with van der Waals surface area (Å²) < 4.78 is 2.16. The predicted octanol–water partition coefficient (Wildman–Crippen LogP) is 3.60. The van der Waals surface area contributed by atoms with Crippen molar-refractivity contribution in [3.8, 4) is 11.4 Å². The number of nitrogens with zero attached hydrogens (tertiary/aromatic N) is 3. The van der Waals surface area contributed by atoms with Crippen LogP contribution in [-0.2, 0) is 6.54 Å². The van der Waals surface area contributed by atoms with Gasteiger partial charge in [-0.25, -0.2) is 4.98 Å². The van der Waals surface area contributed by atoms with Crippen LogP contribution in [0.5, 0.6) is 0 Å². The van der Waals surface area contributed by atoms with Crippen molar-refractivity contribution in [2.75, 3.05) is 5.32 Å². The molecule has 0 saturated carbocycles. The number of amides is 1. The summed E-state index contributed by atoms with van der Waals surface area (Å²) in [5.74, 6) is 1.11. The molecule has 27 heavy (non-hydrogen) atoms. The fourth-order valence-electron chi connectivity index (χ4n) is 3.22. The van der Waals surface area contributed by atoms with Crippen LogP contribution in [0.1, 0.15) is 47.5 Å². The molecule has 0 atom stereocenters. The Balaban J connectivity index is 0.00000261. The minimum absolute atomic E-state index is 0. The quantitative estimate of drug-likeness (QED) is 0.621. The molecule has 1 aromatic carbocycles. The predicted molar refractivity (Wildman–Crippen MR) is 109 cm³/mol. The molecule has 144 valence electrons. The first-order valence-corrected chi connectivity index (χ1v) is 8.62. The summed E-state index contributed by atoms with van der Waals surface area (Å²) in [6.07, 6.45) is 0. The molecule has 0 fully saturated rings. The highest BCUT2D eigenvalue weighted by atomic mass is 35.5. The Bertz CT molecular complexity index is 926. The molecule has 1 amide bonds. The van der Waals surface area contributed by atoms with Crippen LogP contribution in [0.25, 0.3) is 11.4 Å². The van der Waals surface area contributed by atoms with Crippen molar-refractivity contribution in [1.29, 1.82) is 0 Å². The van der Waals surface area contributed by atoms with Crippen molar-refractivity contribution in [1.82, 2.24) is 19.7 Å². The van der Waals surface area contributed by atoms with Gasteiger partial charge in [-0.2, -0.15) is 5.10 Å². The van der Waals surface area contributed by atoms with Gasteiger partial charge in [0, 0.05) is 28.7 Å². The standard InChI is InChI=1S/C19H24N6O.ClH/c1-11(2)25-12(3)9-16(13(25)4)19(26)21-15-7-5-14(6-8-15)18-22-17(10-20)23-24-18;/h5-9,11H,10,20H2,1-4H3,(H,21,26)(H,22,23,24);1H. The molecule has 0 bridgehead atoms. The fourth-order valence-corrected chi connectivity index (χ4v) is 3.22. The summed E-state index contributed by atoms with van der Waals surface area (Å²) in [5, 5.41) is 9.87. The largest absolute Gasteiger partial charge is 0.346 e. The SMILES string of the molecule is Cc1cc(C(=O)Nc2ccc(-c3n[nH]c(CN)n3)cc2)c(C)n1C(C)C.Cl. The number of hydrogen-bond donors (Lipinski definition) is 3. The lowest BCUT2D eigenvalue weighted by atomic mass is 10.2. The zero-order valence-electron chi connectivity index (χ0n) is 15.9. The van der Waals surface area contributed by atoms with Crippen molar-refractivity contribution in [3.63, 3.8) is 0 Å². The van der Waals surface area contributed by atoms with Crippen LogP contribution in [0.15, 0.2) is 30.3 Å². The molecule has 0 saturated heterocycles. The molecular formula is C19H25ClN6O. The monoisotopic (exact) mass is 388 g/mol. The Morgan fingerprint density at radius 3 is 2.44 bits per heavy atom. The van der Waals surface area contributed by atoms with E-state index in [9.17, 15) is 4.79 Å². The van der Waals surface area contributed by atoms with Gasteiger partial charge in [-0.1, -0.05) is 0 Å². The second-order valence-corrected chi connectivity index (χ2v) is 6.59. The highest BCUT2D eigenvalue weighted by Gasteiger charge is 2.17. The Hall–Kier alpha value is -2.64. The summed E-state index contributed by atoms with van der Waals surface area (Å²) in [6.45, 7) is 8.53. The summed E-state index contributed by atoms with van der Waals surface area (Å²) in [5.41, 5.74) is 9.87. The lowest BCUT2D eigenvalue weighted by Crippen LogP contribution is -2.13. The number of halogens is 1. The zero-order chi connectivity index (χ0) is 18.8. The third-order valence-corrected chi connectivity index (χ3v) is 4.37. The number of aryl methyl sites for hydroxylation is 1. The molecule has 0 unspecified atom stereocenters. The second kappa shape index (κ2) is 8.37. The summed E-state index contributed by atoms with van der Waals surface area (Å²) in [6, 6.07) is 9.67. The van der Waals surface area contributed by atoms with E-state index in [1.54, 1.807) is 0 Å². The molecule has 0 radical (unpaired) electrons. The van der Waals surface area contributed by atoms with E-state index in [4.69, 9.17) is 5.73 Å². The Kier molecular flexibility index (Phi) is 6.41. The van der Waals surface area contributed by atoms with Crippen LogP contribution in [0.4, 0.5) is 5.69 Å². The zero-order valence-corrected chi connectivity index (χ0v) is 16.7. The maximum Gasteiger partial charge on any atom is 0.257 e. The second-order valence-electron chi connectivity index (χ2n) is 6.59. The minimum Gasteiger partial charge on any atom is -0.346 e. The first-order valence-electron chi connectivity index (χ1n) is 8.62. The number of anilines is 1. The van der Waals surface area contributed by atoms with Crippen LogP contribution in [-0.4, -0.2) is 25.7 Å². The molecule has 3 aromatic rings. The van der Waals surface area contributed by atoms with E-state index in [-0.39, 0.29) is 18.3 Å². The molecule has 4 N–H and O–H groups in total. The van der Waals surface area contributed by atoms with Gasteiger partial charge in [-0.05, 0) is 58.0 Å². The lowest BCUT2D eigenvalue weighted by Gasteiger charge is -2.13. The number of aromatic amines is 1. The van der Waals surface area contributed by atoms with Gasteiger partial charge >= 0.3 is 0 Å². The van der Waals surface area contributed by atoms with Gasteiger partial charge in [-0.15, -0.1) is 12.4 Å². The summed E-state index contributed by atoms with van der Waals surface area (Å²) >= 11 is 0. The van der Waals surface area contributed by atoms with Gasteiger partial charge in [0.25, 0.3) is 5.91 Å². The minimum atomic E-state index is -0.110. The maximum absolute atomic E-state index is 12.7. The average molecular weight is 389 g/mol. The molecule has 8 heteroatoms. The van der Waals surface area contributed by atoms with E-state index in [0.29, 0.717) is 29.8 Å². The van der Waals surface area contributed by atoms with E-state index in [0.717, 1.165) is 22.6 Å².